The Balaban J connectivity index is 1.75. The van der Waals surface area contributed by atoms with Crippen molar-refractivity contribution in [2.75, 3.05) is 33.8 Å². The van der Waals surface area contributed by atoms with Crippen molar-refractivity contribution < 1.29 is 9.53 Å². The second kappa shape index (κ2) is 10.8. The van der Waals surface area contributed by atoms with Crippen LogP contribution in [0.4, 0.5) is 0 Å². The molecule has 1 aromatic carbocycles. The lowest BCUT2D eigenvalue weighted by molar-refractivity contribution is -0.120. The Labute approximate surface area is 163 Å². The Morgan fingerprint density at radius 2 is 1.96 bits per heavy atom. The number of hydrogen-bond acceptors (Lipinski definition) is 3. The summed E-state index contributed by atoms with van der Waals surface area (Å²) < 4.78 is 5.14. The Morgan fingerprint density at radius 3 is 2.56 bits per heavy atom. The minimum Gasteiger partial charge on any atom is -0.497 e. The normalized spacial score (nSPS) is 17.3. The average Bonchev–Trinajstić information content (AvgIpc) is 3.18. The van der Waals surface area contributed by atoms with Gasteiger partial charge in [0.05, 0.1) is 13.7 Å². The lowest BCUT2D eigenvalue weighted by Crippen LogP contribution is -2.44. The molecule has 1 heterocycles. The number of hydrogen-bond donors (Lipinski definition) is 2. The van der Waals surface area contributed by atoms with Gasteiger partial charge in [0.2, 0.25) is 5.91 Å². The van der Waals surface area contributed by atoms with Crippen molar-refractivity contribution in [1.82, 2.24) is 15.5 Å². The summed E-state index contributed by atoms with van der Waals surface area (Å²) in [6.07, 6.45) is 3.67. The number of guanidine groups is 1. The molecule has 2 N–H and O–H groups in total. The van der Waals surface area contributed by atoms with Crippen LogP contribution in [0.25, 0.3) is 0 Å². The second-order valence-corrected chi connectivity index (χ2v) is 7.10. The standard InChI is InChI=1S/C21H34N4O2/c1-5-17(6-2)18-11-12-25(15-18)21(22-3)24-14-20(26)23-13-16-7-9-19(27-4)10-8-16/h7-10,17-18H,5-6,11-15H2,1-4H3,(H,22,24)(H,23,26). The number of aliphatic imine (C=N–C) groups is 1. The van der Waals surface area contributed by atoms with Crippen LogP contribution >= 0.6 is 0 Å². The van der Waals surface area contributed by atoms with E-state index < -0.39 is 0 Å². The van der Waals surface area contributed by atoms with Crippen LogP contribution in [0, 0.1) is 11.8 Å². The zero-order valence-corrected chi connectivity index (χ0v) is 17.1. The van der Waals surface area contributed by atoms with Gasteiger partial charge in [-0.2, -0.15) is 0 Å². The maximum Gasteiger partial charge on any atom is 0.239 e. The fourth-order valence-electron chi connectivity index (χ4n) is 3.82. The molecule has 27 heavy (non-hydrogen) atoms. The molecule has 0 spiro atoms. The molecule has 1 aliphatic heterocycles. The Hall–Kier alpha value is -2.24. The monoisotopic (exact) mass is 374 g/mol. The third kappa shape index (κ3) is 6.15. The van der Waals surface area contributed by atoms with Gasteiger partial charge in [-0.3, -0.25) is 9.79 Å². The number of rotatable bonds is 8. The molecule has 1 fully saturated rings. The highest BCUT2D eigenvalue weighted by molar-refractivity contribution is 5.86. The van der Waals surface area contributed by atoms with Crippen molar-refractivity contribution in [3.8, 4) is 5.75 Å². The third-order valence-corrected chi connectivity index (χ3v) is 5.51. The van der Waals surface area contributed by atoms with Crippen LogP contribution in [0.2, 0.25) is 0 Å². The molecule has 0 radical (unpaired) electrons. The van der Waals surface area contributed by atoms with Gasteiger partial charge in [-0.15, -0.1) is 0 Å². The van der Waals surface area contributed by atoms with Crippen LogP contribution in [0.15, 0.2) is 29.3 Å². The van der Waals surface area contributed by atoms with Crippen molar-refractivity contribution in [2.45, 2.75) is 39.7 Å². The number of methoxy groups -OCH3 is 1. The number of likely N-dealkylation sites (tertiary alicyclic amines) is 1. The van der Waals surface area contributed by atoms with E-state index in [4.69, 9.17) is 4.74 Å². The number of benzene rings is 1. The van der Waals surface area contributed by atoms with Crippen LogP contribution in [0.1, 0.15) is 38.7 Å². The van der Waals surface area contributed by atoms with Crippen molar-refractivity contribution in [3.63, 3.8) is 0 Å². The van der Waals surface area contributed by atoms with Gasteiger partial charge >= 0.3 is 0 Å². The molecule has 0 bridgehead atoms. The number of nitrogens with one attached hydrogen (secondary N) is 2. The van der Waals surface area contributed by atoms with Crippen LogP contribution < -0.4 is 15.4 Å². The average molecular weight is 375 g/mol. The van der Waals surface area contributed by atoms with E-state index in [9.17, 15) is 4.79 Å². The molecule has 1 amide bonds. The summed E-state index contributed by atoms with van der Waals surface area (Å²) in [5.74, 6) is 3.10. The SMILES string of the molecule is CCC(CC)C1CCN(C(=NC)NCC(=O)NCc2ccc(OC)cc2)C1. The first kappa shape index (κ1) is 21.1. The van der Waals surface area contributed by atoms with Gasteiger partial charge in [0, 0.05) is 26.7 Å². The summed E-state index contributed by atoms with van der Waals surface area (Å²) in [5.41, 5.74) is 1.04. The van der Waals surface area contributed by atoms with E-state index in [1.807, 2.05) is 24.3 Å². The third-order valence-electron chi connectivity index (χ3n) is 5.51. The minimum absolute atomic E-state index is 0.0392. The lowest BCUT2D eigenvalue weighted by Gasteiger charge is -2.24. The van der Waals surface area contributed by atoms with Crippen LogP contribution in [-0.2, 0) is 11.3 Å². The zero-order valence-electron chi connectivity index (χ0n) is 17.1. The van der Waals surface area contributed by atoms with E-state index in [1.165, 1.54) is 19.3 Å². The smallest absolute Gasteiger partial charge is 0.239 e. The molecule has 1 saturated heterocycles. The van der Waals surface area contributed by atoms with Gasteiger partial charge in [0.25, 0.3) is 0 Å². The Morgan fingerprint density at radius 1 is 1.26 bits per heavy atom. The molecule has 1 unspecified atom stereocenters. The van der Waals surface area contributed by atoms with Gasteiger partial charge in [0.15, 0.2) is 5.96 Å². The summed E-state index contributed by atoms with van der Waals surface area (Å²) >= 11 is 0. The number of amides is 1. The first-order chi connectivity index (χ1) is 13.1. The molecule has 0 saturated carbocycles. The van der Waals surface area contributed by atoms with E-state index in [2.05, 4.69) is 34.4 Å². The highest BCUT2D eigenvalue weighted by Gasteiger charge is 2.29. The summed E-state index contributed by atoms with van der Waals surface area (Å²) in [6, 6.07) is 7.69. The van der Waals surface area contributed by atoms with Gasteiger partial charge in [-0.05, 0) is 36.0 Å². The predicted molar refractivity (Wildman–Crippen MR) is 110 cm³/mol. The van der Waals surface area contributed by atoms with E-state index in [0.717, 1.165) is 42.2 Å². The number of ether oxygens (including phenoxy) is 1. The van der Waals surface area contributed by atoms with Gasteiger partial charge in [0.1, 0.15) is 5.75 Å². The first-order valence-electron chi connectivity index (χ1n) is 9.96. The molecule has 6 nitrogen and oxygen atoms in total. The van der Waals surface area contributed by atoms with Crippen LogP contribution in [-0.4, -0.2) is 50.6 Å². The zero-order chi connectivity index (χ0) is 19.6. The molecule has 6 heteroatoms. The molecular weight excluding hydrogens is 340 g/mol. The summed E-state index contributed by atoms with van der Waals surface area (Å²) in [6.45, 7) is 7.32. The molecule has 0 aliphatic carbocycles. The summed E-state index contributed by atoms with van der Waals surface area (Å²) in [7, 11) is 3.42. The summed E-state index contributed by atoms with van der Waals surface area (Å²) in [5, 5.41) is 6.14. The van der Waals surface area contributed by atoms with Crippen molar-refractivity contribution in [2.24, 2.45) is 16.8 Å². The number of carbonyl (C=O) groups excluding carboxylic acids is 1. The summed E-state index contributed by atoms with van der Waals surface area (Å²) in [4.78, 5) is 18.8. The van der Waals surface area contributed by atoms with Crippen molar-refractivity contribution in [3.05, 3.63) is 29.8 Å². The van der Waals surface area contributed by atoms with Crippen molar-refractivity contribution in [1.29, 1.82) is 0 Å². The van der Waals surface area contributed by atoms with Gasteiger partial charge in [-0.1, -0.05) is 38.8 Å². The quantitative estimate of drug-likeness (QED) is 0.542. The van der Waals surface area contributed by atoms with Gasteiger partial charge in [-0.25, -0.2) is 0 Å². The highest BCUT2D eigenvalue weighted by atomic mass is 16.5. The van der Waals surface area contributed by atoms with E-state index >= 15 is 0 Å². The minimum atomic E-state index is -0.0392. The fraction of sp³-hybridized carbons (Fsp3) is 0.619. The topological polar surface area (TPSA) is 66.0 Å². The molecule has 2 rings (SSSR count). The number of nitrogens with zero attached hydrogens (tertiary/aromatic N) is 2. The first-order valence-corrected chi connectivity index (χ1v) is 9.96. The largest absolute Gasteiger partial charge is 0.497 e. The molecule has 1 atom stereocenters. The Kier molecular flexibility index (Phi) is 8.43. The molecule has 150 valence electrons. The van der Waals surface area contributed by atoms with Gasteiger partial charge < -0.3 is 20.3 Å². The van der Waals surface area contributed by atoms with E-state index in [-0.39, 0.29) is 12.5 Å². The van der Waals surface area contributed by atoms with E-state index in [0.29, 0.717) is 6.54 Å². The molecule has 1 aliphatic rings. The number of carbonyl (C=O) groups is 1. The maximum absolute atomic E-state index is 12.2. The van der Waals surface area contributed by atoms with Crippen LogP contribution in [0.3, 0.4) is 0 Å². The van der Waals surface area contributed by atoms with E-state index in [1.54, 1.807) is 14.2 Å². The lowest BCUT2D eigenvalue weighted by atomic mass is 9.87. The molecule has 1 aromatic rings. The van der Waals surface area contributed by atoms with Crippen molar-refractivity contribution >= 4 is 11.9 Å². The Bertz CT molecular complexity index is 611. The maximum atomic E-state index is 12.2. The fourth-order valence-corrected chi connectivity index (χ4v) is 3.82. The predicted octanol–water partition coefficient (Wildman–Crippen LogP) is 2.64. The van der Waals surface area contributed by atoms with Crippen LogP contribution in [0.5, 0.6) is 5.75 Å². The highest BCUT2D eigenvalue weighted by Crippen LogP contribution is 2.28. The molecule has 0 aromatic heterocycles. The molecular formula is C21H34N4O2. The second-order valence-electron chi connectivity index (χ2n) is 7.10.